The third kappa shape index (κ3) is 12.4. The van der Waals surface area contributed by atoms with Gasteiger partial charge in [-0.15, -0.1) is 0 Å². The van der Waals surface area contributed by atoms with Crippen molar-refractivity contribution < 1.29 is 0 Å². The molecule has 0 radical (unpaired) electrons. The molecule has 9 nitrogen and oxygen atoms in total. The minimum atomic E-state index is 1.07. The normalized spacial score (nSPS) is 12.1. The topological polar surface area (TPSA) is 68.2 Å². The van der Waals surface area contributed by atoms with E-state index >= 15 is 0 Å². The molecule has 3 aliphatic carbocycles. The molecule has 0 N–H and O–H groups in total. The molecule has 0 aliphatic heterocycles. The second-order valence-electron chi connectivity index (χ2n) is 39.9. The van der Waals surface area contributed by atoms with Crippen molar-refractivity contribution in [2.24, 2.45) is 0 Å². The first kappa shape index (κ1) is 83.3. The summed E-state index contributed by atoms with van der Waals surface area (Å²) in [5.41, 5.74) is 45.6. The second-order valence-corrected chi connectivity index (χ2v) is 39.9. The predicted molar refractivity (Wildman–Crippen MR) is 626 cm³/mol. The summed E-state index contributed by atoms with van der Waals surface area (Å²) in [5, 5.41) is 22.4. The van der Waals surface area contributed by atoms with E-state index in [0.29, 0.717) is 0 Å². The van der Waals surface area contributed by atoms with Gasteiger partial charge in [-0.25, -0.2) is 0 Å². The molecule has 34 rings (SSSR count). The first-order valence-corrected chi connectivity index (χ1v) is 51.5. The van der Waals surface area contributed by atoms with Crippen molar-refractivity contribution in [3.63, 3.8) is 0 Å². The van der Waals surface area contributed by atoms with Gasteiger partial charge in [0.25, 0.3) is 0 Å². The Bertz CT molecular complexity index is 11100. The lowest BCUT2D eigenvalue weighted by Crippen LogP contribution is -1.96. The van der Waals surface area contributed by atoms with Gasteiger partial charge in [0.2, 0.25) is 0 Å². The number of rotatable bonds is 10. The van der Waals surface area contributed by atoms with Crippen molar-refractivity contribution >= 4 is 163 Å². The van der Waals surface area contributed by atoms with Gasteiger partial charge in [0.1, 0.15) is 0 Å². The van der Waals surface area contributed by atoms with Crippen LogP contribution in [0.2, 0.25) is 0 Å². The SMILES string of the molecule is c1ccc(-n2c3ccccc3c3cc(-c4ccc5c(c4)c4cc(-c6ccc7c8c(nccc68)-c6ccccc6-7)ccc4n5-c4ccccc4)ccc32)cc1.c1ccc(-n2c3ccccc3c3cc(-c4ccc5c6ccccc6n(-c6ccc7c8c(nccc68)-c6ccccc6-7)c5c4)ccc32)cc1.c1ccc(-n2c3ccccc3c3ccc(-c4ccc5c(c4)c4ccccc4n5-c4ccc5c6c(nccc46)-c4ccccc4-5)cc32)cc1. The van der Waals surface area contributed by atoms with E-state index in [4.69, 9.17) is 15.0 Å². The fraction of sp³-hybridized carbons (Fsp3) is 0. The molecule has 0 fully saturated rings. The number of para-hydroxylation sites is 9. The lowest BCUT2D eigenvalue weighted by atomic mass is 9.94. The summed E-state index contributed by atoms with van der Waals surface area (Å²) >= 11 is 0. The van der Waals surface area contributed by atoms with Crippen LogP contribution in [0.5, 0.6) is 0 Å². The predicted octanol–water partition coefficient (Wildman–Crippen LogP) is 36.9. The Labute approximate surface area is 861 Å². The van der Waals surface area contributed by atoms with Gasteiger partial charge in [-0.1, -0.05) is 315 Å². The van der Waals surface area contributed by atoms with Crippen LogP contribution in [0.4, 0.5) is 0 Å². The van der Waals surface area contributed by atoms with Gasteiger partial charge >= 0.3 is 0 Å². The van der Waals surface area contributed by atoms with Crippen LogP contribution in [-0.2, 0) is 0 Å². The smallest absolute Gasteiger partial charge is 0.0793 e. The average molecular weight is 1910 g/mol. The lowest BCUT2D eigenvalue weighted by molar-refractivity contribution is 1.18. The van der Waals surface area contributed by atoms with Crippen LogP contribution in [0.15, 0.2) is 516 Å². The first-order chi connectivity index (χ1) is 74.5. The molecule has 22 aromatic carbocycles. The number of aromatic nitrogens is 9. The highest BCUT2D eigenvalue weighted by atomic mass is 15.0. The molecule has 150 heavy (non-hydrogen) atoms. The van der Waals surface area contributed by atoms with E-state index in [1.165, 1.54) is 286 Å². The molecule has 0 bridgehead atoms. The molecule has 31 aromatic rings. The van der Waals surface area contributed by atoms with E-state index in [2.05, 4.69) is 525 Å². The third-order valence-corrected chi connectivity index (χ3v) is 32.1. The van der Waals surface area contributed by atoms with Crippen LogP contribution in [0.3, 0.4) is 0 Å². The zero-order chi connectivity index (χ0) is 98.0. The van der Waals surface area contributed by atoms with Crippen LogP contribution in [0, 0.1) is 0 Å². The molecule has 3 aliphatic rings. The summed E-state index contributed by atoms with van der Waals surface area (Å²) < 4.78 is 14.4. The number of hydrogen-bond acceptors (Lipinski definition) is 3. The number of hydrogen-bond donors (Lipinski definition) is 0. The Balaban J connectivity index is 0.0000000995. The lowest BCUT2D eigenvalue weighted by Gasteiger charge is -2.13. The molecule has 9 heteroatoms. The first-order valence-electron chi connectivity index (χ1n) is 51.5. The Morgan fingerprint density at radius 3 is 0.713 bits per heavy atom. The summed E-state index contributed by atoms with van der Waals surface area (Å²) in [4.78, 5) is 14.6. The van der Waals surface area contributed by atoms with Crippen molar-refractivity contribution in [3.8, 4) is 146 Å². The van der Waals surface area contributed by atoms with Crippen LogP contribution in [0.1, 0.15) is 0 Å². The Hall–Kier alpha value is -20.1. The minimum Gasteiger partial charge on any atom is -0.309 e. The minimum absolute atomic E-state index is 1.07. The maximum atomic E-state index is 4.88. The van der Waals surface area contributed by atoms with Gasteiger partial charge in [-0.3, -0.25) is 15.0 Å². The van der Waals surface area contributed by atoms with Gasteiger partial charge in [-0.2, -0.15) is 0 Å². The molecule has 0 atom stereocenters. The van der Waals surface area contributed by atoms with Crippen molar-refractivity contribution in [1.29, 1.82) is 0 Å². The van der Waals surface area contributed by atoms with E-state index in [0.717, 1.165) is 22.8 Å². The summed E-state index contributed by atoms with van der Waals surface area (Å²) in [6.07, 6.45) is 5.89. The second kappa shape index (κ2) is 32.7. The van der Waals surface area contributed by atoms with Crippen molar-refractivity contribution in [1.82, 2.24) is 42.4 Å². The zero-order valence-electron chi connectivity index (χ0n) is 81.1. The van der Waals surface area contributed by atoms with E-state index in [1.54, 1.807) is 0 Å². The quantitative estimate of drug-likeness (QED) is 0.137. The molecular formula is C141H85N9. The third-order valence-electron chi connectivity index (χ3n) is 32.1. The molecule has 0 amide bonds. The van der Waals surface area contributed by atoms with E-state index in [9.17, 15) is 0 Å². The summed E-state index contributed by atoms with van der Waals surface area (Å²) in [6, 6.07) is 181. The molecule has 0 saturated heterocycles. The van der Waals surface area contributed by atoms with E-state index in [1.807, 2.05) is 18.6 Å². The maximum absolute atomic E-state index is 4.88. The van der Waals surface area contributed by atoms with Gasteiger partial charge in [0.15, 0.2) is 0 Å². The van der Waals surface area contributed by atoms with Crippen LogP contribution in [-0.4, -0.2) is 42.4 Å². The maximum Gasteiger partial charge on any atom is 0.0793 e. The fourth-order valence-electron chi connectivity index (χ4n) is 25.6. The molecule has 0 saturated carbocycles. The number of pyridine rings is 3. The largest absolute Gasteiger partial charge is 0.309 e. The number of nitrogens with zero attached hydrogens (tertiary/aromatic N) is 9. The summed E-state index contributed by atoms with van der Waals surface area (Å²) in [7, 11) is 0. The molecule has 9 aromatic heterocycles. The molecule has 0 spiro atoms. The standard InChI is InChI=1S/C51H31N3.2C45H27N3/c1-3-11-35(12-4-1)53-46-18-10-9-16-39(46)43-29-32(19-24-47(43)53)33-20-25-48-44(30-33)45-31-34(21-26-49(45)54(48)36-13-5-2-6-14-36)37-22-23-40-38-15-7-8-17-42(38)51-50(40)41(37)27-28-52-51;1-2-10-30(11-3-1)47-39-16-8-7-14-33(39)38-26-28(19-22-42(38)47)29-18-20-34-32-13-6-9-17-40(32)48(43(34)27-29)41-23-21-35-31-12-4-5-15-36(31)45-44(35)37(41)24-25-46-45;1-2-10-30(11-3-1)47-39-16-8-6-13-32(39)34-20-18-29(27-43(34)47)28-19-22-42-38(26-28)33-14-7-9-17-40(33)48(42)41-23-21-35-31-12-4-5-15-36(31)45-44(35)37(41)24-25-46-45/h1-31H;2*1-27H. The van der Waals surface area contributed by atoms with Gasteiger partial charge in [0, 0.05) is 150 Å². The van der Waals surface area contributed by atoms with Crippen LogP contribution in [0.25, 0.3) is 309 Å². The zero-order valence-corrected chi connectivity index (χ0v) is 81.1. The van der Waals surface area contributed by atoms with Crippen LogP contribution < -0.4 is 0 Å². The average Bonchev–Trinajstić information content (AvgIpc) is 1.52. The summed E-state index contributed by atoms with van der Waals surface area (Å²) in [5.74, 6) is 0. The van der Waals surface area contributed by atoms with Gasteiger partial charge < -0.3 is 27.4 Å². The Morgan fingerprint density at radius 1 is 0.120 bits per heavy atom. The van der Waals surface area contributed by atoms with E-state index in [-0.39, 0.29) is 0 Å². The van der Waals surface area contributed by atoms with Gasteiger partial charge in [0.05, 0.1) is 94.7 Å². The Morgan fingerprint density at radius 2 is 0.347 bits per heavy atom. The van der Waals surface area contributed by atoms with Crippen molar-refractivity contribution in [2.45, 2.75) is 0 Å². The van der Waals surface area contributed by atoms with E-state index < -0.39 is 0 Å². The van der Waals surface area contributed by atoms with Crippen molar-refractivity contribution in [3.05, 3.63) is 516 Å². The Kier molecular flexibility index (Phi) is 18.2. The highest BCUT2D eigenvalue weighted by molar-refractivity contribution is 6.24. The molecule has 694 valence electrons. The molecule has 9 heterocycles. The fourth-order valence-corrected chi connectivity index (χ4v) is 25.6. The van der Waals surface area contributed by atoms with Crippen molar-refractivity contribution in [2.75, 3.05) is 0 Å². The monoisotopic (exact) mass is 1900 g/mol. The summed E-state index contributed by atoms with van der Waals surface area (Å²) in [6.45, 7) is 0. The van der Waals surface area contributed by atoms with Crippen LogP contribution >= 0.6 is 0 Å². The number of fused-ring (bicyclic) bond motifs is 27. The highest BCUT2D eigenvalue weighted by Gasteiger charge is 2.31. The number of benzene rings is 22. The van der Waals surface area contributed by atoms with Gasteiger partial charge in [-0.05, 0) is 265 Å². The molecular weight excluding hydrogens is 1820 g/mol. The highest BCUT2D eigenvalue weighted by Crippen LogP contribution is 2.55. The molecule has 0 unspecified atom stereocenters.